The Labute approximate surface area is 130 Å². The molecule has 6 nitrogen and oxygen atoms in total. The SMILES string of the molecule is CN1N=C(C(=O)N2CCCCCC2)S(=O)(=O)c2ccccc21. The number of hydrogen-bond donors (Lipinski definition) is 0. The molecule has 1 amide bonds. The first kappa shape index (κ1) is 15.0. The normalized spacial score (nSPS) is 20.9. The van der Waals surface area contributed by atoms with Crippen LogP contribution in [0, 0.1) is 0 Å². The minimum Gasteiger partial charge on any atom is -0.337 e. The summed E-state index contributed by atoms with van der Waals surface area (Å²) in [6, 6.07) is 6.61. The second-order valence-electron chi connectivity index (χ2n) is 5.61. The number of para-hydroxylation sites is 1. The summed E-state index contributed by atoms with van der Waals surface area (Å²) in [6.45, 7) is 1.19. The van der Waals surface area contributed by atoms with Crippen molar-refractivity contribution in [2.24, 2.45) is 5.10 Å². The number of hydrogen-bond acceptors (Lipinski definition) is 5. The van der Waals surface area contributed by atoms with Crippen LogP contribution < -0.4 is 5.01 Å². The Morgan fingerprint density at radius 2 is 1.73 bits per heavy atom. The molecule has 2 aliphatic rings. The van der Waals surface area contributed by atoms with E-state index < -0.39 is 15.7 Å². The first-order chi connectivity index (χ1) is 10.5. The first-order valence-corrected chi connectivity index (χ1v) is 8.96. The molecule has 2 aliphatic heterocycles. The van der Waals surface area contributed by atoms with Crippen molar-refractivity contribution in [1.29, 1.82) is 0 Å². The molecular formula is C15H19N3O3S. The van der Waals surface area contributed by atoms with E-state index >= 15 is 0 Å². The van der Waals surface area contributed by atoms with Crippen LogP contribution in [0.5, 0.6) is 0 Å². The Balaban J connectivity index is 1.99. The molecule has 22 heavy (non-hydrogen) atoms. The van der Waals surface area contributed by atoms with Crippen LogP contribution in [0.15, 0.2) is 34.3 Å². The highest BCUT2D eigenvalue weighted by atomic mass is 32.2. The summed E-state index contributed by atoms with van der Waals surface area (Å²) in [7, 11) is -2.20. The third-order valence-corrected chi connectivity index (χ3v) is 5.76. The Bertz CT molecular complexity index is 719. The molecule has 118 valence electrons. The van der Waals surface area contributed by atoms with Gasteiger partial charge in [0.2, 0.25) is 14.9 Å². The number of carbonyl (C=O) groups is 1. The van der Waals surface area contributed by atoms with Crippen LogP contribution in [0.2, 0.25) is 0 Å². The van der Waals surface area contributed by atoms with Gasteiger partial charge in [0.1, 0.15) is 0 Å². The van der Waals surface area contributed by atoms with Crippen molar-refractivity contribution in [3.05, 3.63) is 24.3 Å². The van der Waals surface area contributed by atoms with Gasteiger partial charge in [0.25, 0.3) is 5.91 Å². The standard InChI is InChI=1S/C15H19N3O3S/c1-17-12-8-4-5-9-13(12)22(20,21)14(16-17)15(19)18-10-6-2-3-7-11-18/h4-5,8-9H,2-3,6-7,10-11H2,1H3. The number of carbonyl (C=O) groups excluding carboxylic acids is 1. The molecule has 0 unspecified atom stereocenters. The largest absolute Gasteiger partial charge is 0.337 e. The average Bonchev–Trinajstić information content (AvgIpc) is 2.80. The van der Waals surface area contributed by atoms with Crippen molar-refractivity contribution in [3.63, 3.8) is 0 Å². The van der Waals surface area contributed by atoms with Crippen molar-refractivity contribution >= 4 is 26.5 Å². The van der Waals surface area contributed by atoms with E-state index in [0.717, 1.165) is 25.7 Å². The molecule has 1 aromatic carbocycles. The lowest BCUT2D eigenvalue weighted by molar-refractivity contribution is -0.123. The molecule has 3 rings (SSSR count). The molecule has 1 saturated heterocycles. The summed E-state index contributed by atoms with van der Waals surface area (Å²) in [4.78, 5) is 14.4. The van der Waals surface area contributed by atoms with E-state index in [4.69, 9.17) is 0 Å². The fourth-order valence-corrected chi connectivity index (χ4v) is 4.40. The van der Waals surface area contributed by atoms with Crippen molar-refractivity contribution < 1.29 is 13.2 Å². The van der Waals surface area contributed by atoms with Gasteiger partial charge in [0, 0.05) is 20.1 Å². The summed E-state index contributed by atoms with van der Waals surface area (Å²) < 4.78 is 25.4. The highest BCUT2D eigenvalue weighted by Gasteiger charge is 2.38. The monoisotopic (exact) mass is 321 g/mol. The minimum absolute atomic E-state index is 0.144. The fraction of sp³-hybridized carbons (Fsp3) is 0.467. The number of hydrazone groups is 1. The topological polar surface area (TPSA) is 70.1 Å². The van der Waals surface area contributed by atoms with Gasteiger partial charge in [-0.2, -0.15) is 5.10 Å². The number of anilines is 1. The average molecular weight is 321 g/mol. The Kier molecular flexibility index (Phi) is 3.90. The van der Waals surface area contributed by atoms with E-state index in [1.807, 2.05) is 0 Å². The van der Waals surface area contributed by atoms with E-state index in [2.05, 4.69) is 5.10 Å². The Hall–Kier alpha value is -1.89. The molecule has 1 aromatic rings. The quantitative estimate of drug-likeness (QED) is 0.788. The van der Waals surface area contributed by atoms with Gasteiger partial charge in [-0.1, -0.05) is 25.0 Å². The van der Waals surface area contributed by atoms with Crippen LogP contribution in [-0.4, -0.2) is 44.4 Å². The van der Waals surface area contributed by atoms with Crippen LogP contribution in [0.1, 0.15) is 25.7 Å². The van der Waals surface area contributed by atoms with Gasteiger partial charge >= 0.3 is 0 Å². The lowest BCUT2D eigenvalue weighted by Crippen LogP contribution is -2.43. The van der Waals surface area contributed by atoms with Crippen LogP contribution in [0.25, 0.3) is 0 Å². The smallest absolute Gasteiger partial charge is 0.286 e. The highest BCUT2D eigenvalue weighted by Crippen LogP contribution is 2.30. The molecule has 1 fully saturated rings. The van der Waals surface area contributed by atoms with Crippen LogP contribution >= 0.6 is 0 Å². The number of benzene rings is 1. The lowest BCUT2D eigenvalue weighted by Gasteiger charge is -2.27. The van der Waals surface area contributed by atoms with Gasteiger partial charge in [0.05, 0.1) is 10.6 Å². The van der Waals surface area contributed by atoms with Crippen molar-refractivity contribution in [3.8, 4) is 0 Å². The van der Waals surface area contributed by atoms with Crippen molar-refractivity contribution in [1.82, 2.24) is 4.90 Å². The van der Waals surface area contributed by atoms with Crippen molar-refractivity contribution in [2.45, 2.75) is 30.6 Å². The van der Waals surface area contributed by atoms with Gasteiger partial charge in [0.15, 0.2) is 0 Å². The molecule has 2 heterocycles. The predicted molar refractivity (Wildman–Crippen MR) is 84.5 cm³/mol. The van der Waals surface area contributed by atoms with Gasteiger partial charge in [-0.3, -0.25) is 9.80 Å². The zero-order valence-corrected chi connectivity index (χ0v) is 13.3. The number of fused-ring (bicyclic) bond motifs is 1. The summed E-state index contributed by atoms with van der Waals surface area (Å²) in [5, 5.41) is 5.15. The van der Waals surface area contributed by atoms with Crippen molar-refractivity contribution in [2.75, 3.05) is 25.1 Å². The maximum absolute atomic E-state index is 12.7. The summed E-state index contributed by atoms with van der Waals surface area (Å²) in [6.07, 6.45) is 3.97. The number of amides is 1. The second kappa shape index (κ2) is 5.72. The molecule has 7 heteroatoms. The molecule has 0 radical (unpaired) electrons. The highest BCUT2D eigenvalue weighted by molar-refractivity contribution is 8.08. The Morgan fingerprint density at radius 3 is 2.41 bits per heavy atom. The molecule has 0 aliphatic carbocycles. The zero-order valence-electron chi connectivity index (χ0n) is 12.5. The van der Waals surface area contributed by atoms with E-state index in [1.54, 1.807) is 30.1 Å². The summed E-state index contributed by atoms with van der Waals surface area (Å²) in [5.41, 5.74) is 0.495. The van der Waals surface area contributed by atoms with Crippen LogP contribution in [-0.2, 0) is 14.6 Å². The molecule has 0 bridgehead atoms. The minimum atomic E-state index is -3.86. The van der Waals surface area contributed by atoms with E-state index in [9.17, 15) is 13.2 Å². The van der Waals surface area contributed by atoms with Crippen LogP contribution in [0.4, 0.5) is 5.69 Å². The first-order valence-electron chi connectivity index (χ1n) is 7.47. The lowest BCUT2D eigenvalue weighted by atomic mass is 10.2. The van der Waals surface area contributed by atoms with E-state index in [1.165, 1.54) is 11.1 Å². The number of rotatable bonds is 1. The summed E-state index contributed by atoms with van der Waals surface area (Å²) >= 11 is 0. The van der Waals surface area contributed by atoms with Gasteiger partial charge in [-0.25, -0.2) is 8.42 Å². The third kappa shape index (κ3) is 2.49. The van der Waals surface area contributed by atoms with E-state index in [-0.39, 0.29) is 9.94 Å². The maximum atomic E-state index is 12.7. The maximum Gasteiger partial charge on any atom is 0.286 e. The summed E-state index contributed by atoms with van der Waals surface area (Å²) in [5.74, 6) is -0.483. The molecule has 0 saturated carbocycles. The van der Waals surface area contributed by atoms with E-state index in [0.29, 0.717) is 18.8 Å². The number of likely N-dealkylation sites (tertiary alicyclic amines) is 1. The van der Waals surface area contributed by atoms with Gasteiger partial charge in [-0.15, -0.1) is 0 Å². The number of nitrogens with zero attached hydrogens (tertiary/aromatic N) is 3. The predicted octanol–water partition coefficient (Wildman–Crippen LogP) is 1.63. The van der Waals surface area contributed by atoms with Crippen LogP contribution in [0.3, 0.4) is 0 Å². The molecule has 0 spiro atoms. The Morgan fingerprint density at radius 1 is 1.09 bits per heavy atom. The molecular weight excluding hydrogens is 302 g/mol. The second-order valence-corrected chi connectivity index (χ2v) is 7.44. The third-order valence-electron chi connectivity index (χ3n) is 4.08. The zero-order chi connectivity index (χ0) is 15.7. The van der Waals surface area contributed by atoms with Gasteiger partial charge < -0.3 is 4.90 Å². The molecule has 0 aromatic heterocycles. The number of sulfone groups is 1. The van der Waals surface area contributed by atoms with Gasteiger partial charge in [-0.05, 0) is 25.0 Å². The molecule has 0 atom stereocenters. The molecule has 0 N–H and O–H groups in total. The fourth-order valence-electron chi connectivity index (χ4n) is 2.87.